The average Bonchev–Trinajstić information content (AvgIpc) is 2.52. The minimum Gasteiger partial charge on any atom is -0.368 e. The van der Waals surface area contributed by atoms with E-state index in [0.29, 0.717) is 0 Å². The van der Waals surface area contributed by atoms with E-state index in [0.717, 1.165) is 16.4 Å². The third-order valence-corrected chi connectivity index (χ3v) is 5.02. The van der Waals surface area contributed by atoms with Gasteiger partial charge in [-0.15, -0.1) is 0 Å². The lowest BCUT2D eigenvalue weighted by Gasteiger charge is -2.23. The van der Waals surface area contributed by atoms with Crippen molar-refractivity contribution in [2.24, 2.45) is 5.73 Å². The van der Waals surface area contributed by atoms with E-state index in [-0.39, 0.29) is 21.3 Å². The first kappa shape index (κ1) is 17.7. The van der Waals surface area contributed by atoms with Crippen molar-refractivity contribution in [2.75, 3.05) is 10.8 Å². The molecule has 0 bridgehead atoms. The van der Waals surface area contributed by atoms with E-state index in [1.54, 1.807) is 0 Å². The molecule has 0 unspecified atom stereocenters. The molecule has 1 amide bonds. The summed E-state index contributed by atoms with van der Waals surface area (Å²) < 4.78 is 26.4. The minimum atomic E-state index is -4.25. The lowest BCUT2D eigenvalue weighted by molar-refractivity contribution is -0.385. The Labute approximate surface area is 142 Å². The molecule has 0 saturated carbocycles. The number of nitrogens with zero attached hydrogens (tertiary/aromatic N) is 2. The highest BCUT2D eigenvalue weighted by atomic mass is 35.5. The number of carbonyl (C=O) groups is 1. The number of halogens is 1. The molecule has 0 aliphatic rings. The molecular weight excluding hydrogens is 358 g/mol. The summed E-state index contributed by atoms with van der Waals surface area (Å²) in [4.78, 5) is 21.1. The molecular formula is C14H12ClN3O5S. The quantitative estimate of drug-likeness (QED) is 0.615. The Morgan fingerprint density at radius 3 is 2.46 bits per heavy atom. The maximum Gasteiger partial charge on any atom is 0.270 e. The zero-order chi connectivity index (χ0) is 17.9. The number of benzene rings is 2. The molecule has 2 N–H and O–H groups in total. The van der Waals surface area contributed by atoms with Crippen LogP contribution in [-0.2, 0) is 14.8 Å². The van der Waals surface area contributed by atoms with E-state index in [1.165, 1.54) is 36.4 Å². The van der Waals surface area contributed by atoms with Crippen LogP contribution in [0.25, 0.3) is 0 Å². The van der Waals surface area contributed by atoms with E-state index in [1.807, 2.05) is 0 Å². The monoisotopic (exact) mass is 369 g/mol. The molecule has 126 valence electrons. The molecule has 8 nitrogen and oxygen atoms in total. The third-order valence-electron chi connectivity index (χ3n) is 3.01. The summed E-state index contributed by atoms with van der Waals surface area (Å²) >= 11 is 5.86. The highest BCUT2D eigenvalue weighted by Gasteiger charge is 2.28. The molecule has 2 rings (SSSR count). The van der Waals surface area contributed by atoms with Gasteiger partial charge in [0, 0.05) is 17.2 Å². The summed E-state index contributed by atoms with van der Waals surface area (Å²) in [6.07, 6.45) is 0. The summed E-state index contributed by atoms with van der Waals surface area (Å²) in [7, 11) is -4.25. The smallest absolute Gasteiger partial charge is 0.270 e. The van der Waals surface area contributed by atoms with Crippen LogP contribution in [0, 0.1) is 10.1 Å². The van der Waals surface area contributed by atoms with E-state index in [4.69, 9.17) is 17.3 Å². The highest BCUT2D eigenvalue weighted by molar-refractivity contribution is 7.92. The van der Waals surface area contributed by atoms with Gasteiger partial charge in [0.2, 0.25) is 5.91 Å². The first-order chi connectivity index (χ1) is 11.2. The summed E-state index contributed by atoms with van der Waals surface area (Å²) in [5.74, 6) is -0.885. The zero-order valence-corrected chi connectivity index (χ0v) is 13.7. The fourth-order valence-electron chi connectivity index (χ4n) is 1.97. The van der Waals surface area contributed by atoms with Crippen LogP contribution in [0.5, 0.6) is 0 Å². The van der Waals surface area contributed by atoms with Gasteiger partial charge in [-0.1, -0.05) is 23.7 Å². The number of hydrogen-bond acceptors (Lipinski definition) is 5. The predicted molar refractivity (Wildman–Crippen MR) is 88.3 cm³/mol. The Kier molecular flexibility index (Phi) is 5.05. The van der Waals surface area contributed by atoms with Gasteiger partial charge in [-0.3, -0.25) is 19.2 Å². The maximum absolute atomic E-state index is 12.8. The third kappa shape index (κ3) is 3.81. The van der Waals surface area contributed by atoms with Gasteiger partial charge in [-0.25, -0.2) is 8.42 Å². The molecule has 2 aromatic rings. The number of non-ortho nitro benzene ring substituents is 1. The number of sulfonamides is 1. The first-order valence-corrected chi connectivity index (χ1v) is 8.34. The molecule has 10 heteroatoms. The van der Waals surface area contributed by atoms with Crippen LogP contribution in [0.2, 0.25) is 5.02 Å². The summed E-state index contributed by atoms with van der Waals surface area (Å²) in [5.41, 5.74) is 4.87. The summed E-state index contributed by atoms with van der Waals surface area (Å²) in [6, 6.07) is 10.3. The number of nitro groups is 1. The lowest BCUT2D eigenvalue weighted by Crippen LogP contribution is -2.38. The number of anilines is 1. The molecule has 24 heavy (non-hydrogen) atoms. The molecule has 0 aromatic heterocycles. The van der Waals surface area contributed by atoms with Gasteiger partial charge in [0.15, 0.2) is 0 Å². The topological polar surface area (TPSA) is 124 Å². The number of amides is 1. The van der Waals surface area contributed by atoms with Crippen LogP contribution in [-0.4, -0.2) is 25.8 Å². The Bertz CT molecular complexity index is 901. The van der Waals surface area contributed by atoms with Crippen molar-refractivity contribution in [3.63, 3.8) is 0 Å². The van der Waals surface area contributed by atoms with Crippen molar-refractivity contribution >= 4 is 38.9 Å². The average molecular weight is 370 g/mol. The SMILES string of the molecule is NC(=O)CN(c1cccc(Cl)c1)S(=O)(=O)c1cccc([N+](=O)[O-])c1. The number of primary amides is 1. The van der Waals surface area contributed by atoms with Crippen LogP contribution in [0.4, 0.5) is 11.4 Å². The van der Waals surface area contributed by atoms with Crippen molar-refractivity contribution in [1.29, 1.82) is 0 Å². The second-order valence-corrected chi connectivity index (χ2v) is 7.01. The van der Waals surface area contributed by atoms with Crippen LogP contribution >= 0.6 is 11.6 Å². The molecule has 0 saturated heterocycles. The van der Waals surface area contributed by atoms with Crippen molar-refractivity contribution in [3.05, 3.63) is 63.7 Å². The molecule has 0 aliphatic carbocycles. The fourth-order valence-corrected chi connectivity index (χ4v) is 3.62. The van der Waals surface area contributed by atoms with E-state index in [2.05, 4.69) is 0 Å². The lowest BCUT2D eigenvalue weighted by atomic mass is 10.3. The second kappa shape index (κ2) is 6.85. The van der Waals surface area contributed by atoms with Crippen molar-refractivity contribution in [2.45, 2.75) is 4.90 Å². The van der Waals surface area contributed by atoms with E-state index >= 15 is 0 Å². The van der Waals surface area contributed by atoms with Gasteiger partial charge in [-0.2, -0.15) is 0 Å². The molecule has 0 radical (unpaired) electrons. The van der Waals surface area contributed by atoms with Crippen LogP contribution in [0.1, 0.15) is 0 Å². The molecule has 0 spiro atoms. The number of carbonyl (C=O) groups excluding carboxylic acids is 1. The molecule has 0 atom stereocenters. The molecule has 2 aromatic carbocycles. The second-order valence-electron chi connectivity index (χ2n) is 4.71. The molecule has 0 aliphatic heterocycles. The fraction of sp³-hybridized carbons (Fsp3) is 0.0714. The number of rotatable bonds is 6. The van der Waals surface area contributed by atoms with Gasteiger partial charge < -0.3 is 5.73 Å². The number of hydrogen-bond donors (Lipinski definition) is 1. The summed E-state index contributed by atoms with van der Waals surface area (Å²) in [5, 5.41) is 11.1. The zero-order valence-electron chi connectivity index (χ0n) is 12.1. The first-order valence-electron chi connectivity index (χ1n) is 6.53. The van der Waals surface area contributed by atoms with Gasteiger partial charge in [0.1, 0.15) is 6.54 Å². The largest absolute Gasteiger partial charge is 0.368 e. The maximum atomic E-state index is 12.8. The van der Waals surface area contributed by atoms with Crippen molar-refractivity contribution in [3.8, 4) is 0 Å². The Morgan fingerprint density at radius 2 is 1.88 bits per heavy atom. The van der Waals surface area contributed by atoms with Crippen LogP contribution in [0.3, 0.4) is 0 Å². The highest BCUT2D eigenvalue weighted by Crippen LogP contribution is 2.27. The van der Waals surface area contributed by atoms with Gasteiger partial charge in [0.05, 0.1) is 15.5 Å². The normalized spacial score (nSPS) is 11.0. The van der Waals surface area contributed by atoms with Crippen molar-refractivity contribution < 1.29 is 18.1 Å². The Morgan fingerprint density at radius 1 is 1.21 bits per heavy atom. The number of nitrogens with two attached hydrogens (primary N) is 1. The molecule has 0 fully saturated rings. The van der Waals surface area contributed by atoms with Crippen molar-refractivity contribution in [1.82, 2.24) is 0 Å². The van der Waals surface area contributed by atoms with Gasteiger partial charge in [0.25, 0.3) is 15.7 Å². The van der Waals surface area contributed by atoms with Crippen LogP contribution < -0.4 is 10.0 Å². The van der Waals surface area contributed by atoms with Gasteiger partial charge in [-0.05, 0) is 24.3 Å². The summed E-state index contributed by atoms with van der Waals surface area (Å²) in [6.45, 7) is -0.634. The Balaban J connectivity index is 2.57. The number of nitro benzene ring substituents is 1. The Hall–Kier alpha value is -2.65. The molecule has 0 heterocycles. The van der Waals surface area contributed by atoms with Crippen LogP contribution in [0.15, 0.2) is 53.4 Å². The van der Waals surface area contributed by atoms with E-state index < -0.39 is 27.4 Å². The minimum absolute atomic E-state index is 0.118. The van der Waals surface area contributed by atoms with Gasteiger partial charge >= 0.3 is 0 Å². The predicted octanol–water partition coefficient (Wildman–Crippen LogP) is 1.93. The standard InChI is InChI=1S/C14H12ClN3O5S/c15-10-3-1-4-11(7-10)17(9-14(16)19)24(22,23)13-6-2-5-12(8-13)18(20)21/h1-8H,9H2,(H2,16,19). The van der Waals surface area contributed by atoms with E-state index in [9.17, 15) is 23.3 Å².